The lowest BCUT2D eigenvalue weighted by Crippen LogP contribution is -2.32. The molecule has 1 N–H and O–H groups in total. The van der Waals surface area contributed by atoms with Gasteiger partial charge in [0.15, 0.2) is 0 Å². The molecule has 0 spiro atoms. The second kappa shape index (κ2) is 7.94. The molecule has 0 amide bonds. The third-order valence-electron chi connectivity index (χ3n) is 4.12. The number of hydrogen-bond acceptors (Lipinski definition) is 4. The summed E-state index contributed by atoms with van der Waals surface area (Å²) in [6, 6.07) is 4.91. The Balaban J connectivity index is 1.89. The van der Waals surface area contributed by atoms with Gasteiger partial charge in [-0.15, -0.1) is 0 Å². The van der Waals surface area contributed by atoms with E-state index in [0.29, 0.717) is 23.1 Å². The Labute approximate surface area is 146 Å². The first-order chi connectivity index (χ1) is 10.4. The molecular weight excluding hydrogens is 415 g/mol. The minimum absolute atomic E-state index is 0.293. The number of nitrogens with zero attached hydrogens (tertiary/aromatic N) is 1. The number of piperidine rings is 1. The Kier molecular flexibility index (Phi) is 6.48. The van der Waals surface area contributed by atoms with Crippen LogP contribution in [0.4, 0.5) is 0 Å². The topological polar surface area (TPSA) is 58.6 Å². The number of benzene rings is 1. The van der Waals surface area contributed by atoms with Crippen LogP contribution in [0.25, 0.3) is 0 Å². The fraction of sp³-hybridized carbons (Fsp3) is 0.600. The van der Waals surface area contributed by atoms with Crippen molar-refractivity contribution in [3.05, 3.63) is 21.8 Å². The molecule has 0 radical (unpaired) electrons. The van der Waals surface area contributed by atoms with Gasteiger partial charge >= 0.3 is 0 Å². The predicted molar refractivity (Wildman–Crippen MR) is 95.7 cm³/mol. The second-order valence-electron chi connectivity index (χ2n) is 5.73. The van der Waals surface area contributed by atoms with Crippen molar-refractivity contribution in [1.82, 2.24) is 9.62 Å². The monoisotopic (exact) mass is 438 g/mol. The van der Waals surface area contributed by atoms with E-state index in [1.807, 2.05) is 0 Å². The van der Waals surface area contributed by atoms with Crippen LogP contribution in [0, 0.1) is 9.49 Å². The number of rotatable bonds is 6. The summed E-state index contributed by atoms with van der Waals surface area (Å²) in [6.07, 6.45) is 3.21. The van der Waals surface area contributed by atoms with Crippen molar-refractivity contribution in [3.63, 3.8) is 0 Å². The summed E-state index contributed by atoms with van der Waals surface area (Å²) in [6.45, 7) is 2.71. The molecule has 0 saturated carbocycles. The highest BCUT2D eigenvalue weighted by Crippen LogP contribution is 2.24. The summed E-state index contributed by atoms with van der Waals surface area (Å²) < 4.78 is 33.3. The zero-order valence-corrected chi connectivity index (χ0v) is 16.0. The van der Waals surface area contributed by atoms with Gasteiger partial charge in [0, 0.05) is 6.54 Å². The Morgan fingerprint density at radius 3 is 2.64 bits per heavy atom. The molecule has 0 bridgehead atoms. The first-order valence-electron chi connectivity index (χ1n) is 7.44. The van der Waals surface area contributed by atoms with Crippen molar-refractivity contribution in [1.29, 1.82) is 0 Å². The zero-order valence-electron chi connectivity index (χ0n) is 13.0. The highest BCUT2D eigenvalue weighted by Gasteiger charge is 2.19. The molecule has 0 aromatic heterocycles. The lowest BCUT2D eigenvalue weighted by Gasteiger charge is -2.28. The summed E-state index contributed by atoms with van der Waals surface area (Å²) in [5.41, 5.74) is 0. The lowest BCUT2D eigenvalue weighted by atomic mass is 9.94. The van der Waals surface area contributed by atoms with E-state index in [4.69, 9.17) is 4.74 Å². The van der Waals surface area contributed by atoms with Crippen LogP contribution in [0.2, 0.25) is 0 Å². The number of likely N-dealkylation sites (tertiary alicyclic amines) is 1. The standard InChI is InChI=1S/C15H23IN2O3S/c1-18-9-6-12(7-10-18)5-8-17-22(19,20)13-3-4-15(21-2)14(16)11-13/h3-4,11-12,17H,5-10H2,1-2H3. The molecule has 7 heteroatoms. The number of sulfonamides is 1. The first-order valence-corrected chi connectivity index (χ1v) is 10.0. The number of nitrogens with one attached hydrogen (secondary N) is 1. The summed E-state index contributed by atoms with van der Waals surface area (Å²) >= 11 is 2.08. The third-order valence-corrected chi connectivity index (χ3v) is 6.42. The smallest absolute Gasteiger partial charge is 0.240 e. The van der Waals surface area contributed by atoms with Gasteiger partial charge in [-0.3, -0.25) is 0 Å². The Hall–Kier alpha value is -0.380. The SMILES string of the molecule is COc1ccc(S(=O)(=O)NCCC2CCN(C)CC2)cc1I. The fourth-order valence-electron chi connectivity index (χ4n) is 2.65. The molecule has 2 rings (SSSR count). The molecule has 1 aliphatic rings. The normalized spacial score (nSPS) is 17.6. The van der Waals surface area contributed by atoms with Crippen LogP contribution in [0.5, 0.6) is 5.75 Å². The van der Waals surface area contributed by atoms with Gasteiger partial charge in [0.1, 0.15) is 5.75 Å². The van der Waals surface area contributed by atoms with Crippen molar-refractivity contribution in [2.45, 2.75) is 24.2 Å². The van der Waals surface area contributed by atoms with E-state index >= 15 is 0 Å². The van der Waals surface area contributed by atoms with Crippen molar-refractivity contribution < 1.29 is 13.2 Å². The van der Waals surface area contributed by atoms with Gasteiger partial charge < -0.3 is 9.64 Å². The van der Waals surface area contributed by atoms with E-state index in [-0.39, 0.29) is 0 Å². The molecule has 1 aromatic carbocycles. The molecule has 1 saturated heterocycles. The average molecular weight is 438 g/mol. The first kappa shape index (κ1) is 18.0. The van der Waals surface area contributed by atoms with Gasteiger partial charge in [-0.2, -0.15) is 0 Å². The summed E-state index contributed by atoms with van der Waals surface area (Å²) in [5.74, 6) is 1.31. The van der Waals surface area contributed by atoms with Crippen molar-refractivity contribution in [2.24, 2.45) is 5.92 Å². The number of methoxy groups -OCH3 is 1. The zero-order chi connectivity index (χ0) is 16.2. The van der Waals surface area contributed by atoms with Crippen LogP contribution in [-0.4, -0.2) is 47.1 Å². The molecular formula is C15H23IN2O3S. The number of halogens is 1. The minimum atomic E-state index is -3.44. The predicted octanol–water partition coefficient (Wildman–Crippen LogP) is 2.31. The number of hydrogen-bond donors (Lipinski definition) is 1. The van der Waals surface area contributed by atoms with Gasteiger partial charge in [-0.25, -0.2) is 13.1 Å². The van der Waals surface area contributed by atoms with E-state index in [1.165, 1.54) is 0 Å². The second-order valence-corrected chi connectivity index (χ2v) is 8.66. The van der Waals surface area contributed by atoms with Crippen LogP contribution in [0.1, 0.15) is 19.3 Å². The Morgan fingerprint density at radius 1 is 1.36 bits per heavy atom. The summed E-state index contributed by atoms with van der Waals surface area (Å²) in [7, 11) is 0.264. The van der Waals surface area contributed by atoms with Gasteiger partial charge in [-0.05, 0) is 86.1 Å². The van der Waals surface area contributed by atoms with Crippen LogP contribution in [-0.2, 0) is 10.0 Å². The minimum Gasteiger partial charge on any atom is -0.496 e. The molecule has 1 fully saturated rings. The van der Waals surface area contributed by atoms with Gasteiger partial charge in [0.25, 0.3) is 0 Å². The lowest BCUT2D eigenvalue weighted by molar-refractivity contribution is 0.213. The number of ether oxygens (including phenoxy) is 1. The van der Waals surface area contributed by atoms with Gasteiger partial charge in [0.2, 0.25) is 10.0 Å². The molecule has 0 atom stereocenters. The Bertz CT molecular complexity index is 599. The molecule has 1 aromatic rings. The molecule has 0 aliphatic carbocycles. The van der Waals surface area contributed by atoms with Crippen LogP contribution < -0.4 is 9.46 Å². The van der Waals surface area contributed by atoms with Crippen LogP contribution >= 0.6 is 22.6 Å². The van der Waals surface area contributed by atoms with Gasteiger partial charge in [-0.1, -0.05) is 0 Å². The van der Waals surface area contributed by atoms with E-state index in [0.717, 1.165) is 35.9 Å². The van der Waals surface area contributed by atoms with Crippen molar-refractivity contribution in [2.75, 3.05) is 33.8 Å². The maximum atomic E-state index is 12.3. The molecule has 1 heterocycles. The molecule has 22 heavy (non-hydrogen) atoms. The largest absolute Gasteiger partial charge is 0.496 e. The third kappa shape index (κ3) is 4.81. The average Bonchev–Trinajstić information content (AvgIpc) is 2.49. The van der Waals surface area contributed by atoms with Crippen LogP contribution in [0.3, 0.4) is 0 Å². The van der Waals surface area contributed by atoms with Crippen molar-refractivity contribution >= 4 is 32.6 Å². The molecule has 0 unspecified atom stereocenters. The molecule has 1 aliphatic heterocycles. The maximum absolute atomic E-state index is 12.3. The molecule has 5 nitrogen and oxygen atoms in total. The van der Waals surface area contributed by atoms with E-state index in [9.17, 15) is 8.42 Å². The van der Waals surface area contributed by atoms with E-state index in [1.54, 1.807) is 25.3 Å². The van der Waals surface area contributed by atoms with E-state index in [2.05, 4.69) is 39.3 Å². The fourth-order valence-corrected chi connectivity index (χ4v) is 4.67. The summed E-state index contributed by atoms with van der Waals surface area (Å²) in [4.78, 5) is 2.61. The summed E-state index contributed by atoms with van der Waals surface area (Å²) in [5, 5.41) is 0. The van der Waals surface area contributed by atoms with Gasteiger partial charge in [0.05, 0.1) is 15.6 Å². The highest BCUT2D eigenvalue weighted by molar-refractivity contribution is 14.1. The quantitative estimate of drug-likeness (QED) is 0.693. The highest BCUT2D eigenvalue weighted by atomic mass is 127. The maximum Gasteiger partial charge on any atom is 0.240 e. The Morgan fingerprint density at radius 2 is 2.05 bits per heavy atom. The van der Waals surface area contributed by atoms with Crippen molar-refractivity contribution in [3.8, 4) is 5.75 Å². The van der Waals surface area contributed by atoms with E-state index < -0.39 is 10.0 Å². The molecule has 124 valence electrons. The van der Waals surface area contributed by atoms with Crippen LogP contribution in [0.15, 0.2) is 23.1 Å².